The summed E-state index contributed by atoms with van der Waals surface area (Å²) in [4.78, 5) is 31.8. The number of nitrogens with zero attached hydrogens (tertiary/aromatic N) is 2. The molecular formula is C24H26ClN3O3. The molecule has 1 aromatic heterocycles. The highest BCUT2D eigenvalue weighted by Crippen LogP contribution is 2.31. The normalized spacial score (nSPS) is 14.7. The predicted molar refractivity (Wildman–Crippen MR) is 122 cm³/mol. The third-order valence-corrected chi connectivity index (χ3v) is 5.61. The second kappa shape index (κ2) is 8.27. The number of nitrogens with one attached hydrogen (secondary N) is 1. The summed E-state index contributed by atoms with van der Waals surface area (Å²) in [7, 11) is 0. The number of fused-ring (bicyclic) bond motifs is 1. The van der Waals surface area contributed by atoms with E-state index in [-0.39, 0.29) is 12.0 Å². The monoisotopic (exact) mass is 439 g/mol. The standard InChI is InChI=1S/C24H26ClN3O3/c1-24(2,3)31-23(30)28-12-10-27(11-13-28)22(29)18-4-6-19(20(25)15-18)16-5-7-21-17(14-16)8-9-26-21/h4-9,14-15,26H,10-13H2,1-3H3. The molecule has 0 saturated carbocycles. The Bertz CT molecular complexity index is 1120. The van der Waals surface area contributed by atoms with Gasteiger partial charge in [0, 0.05) is 54.0 Å². The van der Waals surface area contributed by atoms with Gasteiger partial charge in [0.1, 0.15) is 5.60 Å². The molecular weight excluding hydrogens is 414 g/mol. The number of rotatable bonds is 2. The Morgan fingerprint density at radius 3 is 2.35 bits per heavy atom. The molecule has 0 radical (unpaired) electrons. The number of hydrogen-bond donors (Lipinski definition) is 1. The number of aromatic nitrogens is 1. The van der Waals surface area contributed by atoms with E-state index in [1.54, 1.807) is 15.9 Å². The summed E-state index contributed by atoms with van der Waals surface area (Å²) < 4.78 is 5.41. The highest BCUT2D eigenvalue weighted by molar-refractivity contribution is 6.33. The number of hydrogen-bond acceptors (Lipinski definition) is 3. The Hall–Kier alpha value is -2.99. The summed E-state index contributed by atoms with van der Waals surface area (Å²) in [6.07, 6.45) is 1.56. The number of benzene rings is 2. The van der Waals surface area contributed by atoms with E-state index in [1.807, 2.05) is 57.3 Å². The van der Waals surface area contributed by atoms with Gasteiger partial charge in [0.05, 0.1) is 0 Å². The number of carbonyl (C=O) groups excluding carboxylic acids is 2. The van der Waals surface area contributed by atoms with E-state index in [2.05, 4.69) is 11.1 Å². The summed E-state index contributed by atoms with van der Waals surface area (Å²) in [5, 5.41) is 1.64. The van der Waals surface area contributed by atoms with Crippen LogP contribution in [-0.2, 0) is 4.74 Å². The Labute approximate surface area is 186 Å². The molecule has 1 fully saturated rings. The van der Waals surface area contributed by atoms with Crippen LogP contribution in [0.3, 0.4) is 0 Å². The zero-order valence-electron chi connectivity index (χ0n) is 17.9. The van der Waals surface area contributed by atoms with Crippen molar-refractivity contribution < 1.29 is 14.3 Å². The van der Waals surface area contributed by atoms with Crippen molar-refractivity contribution in [1.82, 2.24) is 14.8 Å². The van der Waals surface area contributed by atoms with Crippen LogP contribution < -0.4 is 0 Å². The molecule has 0 unspecified atom stereocenters. The molecule has 4 rings (SSSR count). The third kappa shape index (κ3) is 4.69. The molecule has 1 N–H and O–H groups in total. The molecule has 1 aliphatic heterocycles. The molecule has 0 atom stereocenters. The summed E-state index contributed by atoms with van der Waals surface area (Å²) in [6, 6.07) is 13.5. The lowest BCUT2D eigenvalue weighted by atomic mass is 10.0. The van der Waals surface area contributed by atoms with Gasteiger partial charge in [-0.2, -0.15) is 0 Å². The molecule has 0 spiro atoms. The van der Waals surface area contributed by atoms with E-state index >= 15 is 0 Å². The van der Waals surface area contributed by atoms with Gasteiger partial charge in [-0.3, -0.25) is 4.79 Å². The number of aromatic amines is 1. The van der Waals surface area contributed by atoms with Crippen LogP contribution in [0.4, 0.5) is 4.79 Å². The summed E-state index contributed by atoms with van der Waals surface area (Å²) >= 11 is 6.55. The lowest BCUT2D eigenvalue weighted by molar-refractivity contribution is 0.0141. The van der Waals surface area contributed by atoms with Gasteiger partial charge in [-0.05, 0) is 62.1 Å². The van der Waals surface area contributed by atoms with Crippen LogP contribution >= 0.6 is 11.6 Å². The molecule has 2 heterocycles. The van der Waals surface area contributed by atoms with Gasteiger partial charge in [-0.25, -0.2) is 4.79 Å². The minimum Gasteiger partial charge on any atom is -0.444 e. The molecule has 2 amide bonds. The SMILES string of the molecule is CC(C)(C)OC(=O)N1CCN(C(=O)c2ccc(-c3ccc4[nH]ccc4c3)c(Cl)c2)CC1. The van der Waals surface area contributed by atoms with Crippen molar-refractivity contribution in [1.29, 1.82) is 0 Å². The molecule has 0 aliphatic carbocycles. The third-order valence-electron chi connectivity index (χ3n) is 5.30. The Morgan fingerprint density at radius 2 is 1.68 bits per heavy atom. The number of amides is 2. The van der Waals surface area contributed by atoms with Gasteiger partial charge in [-0.15, -0.1) is 0 Å². The predicted octanol–water partition coefficient (Wildman–Crippen LogP) is 5.18. The molecule has 1 aliphatic rings. The van der Waals surface area contributed by atoms with Crippen molar-refractivity contribution in [3.63, 3.8) is 0 Å². The van der Waals surface area contributed by atoms with Crippen LogP contribution in [0.15, 0.2) is 48.7 Å². The summed E-state index contributed by atoms with van der Waals surface area (Å²) in [5.74, 6) is -0.0848. The van der Waals surface area contributed by atoms with E-state index < -0.39 is 5.60 Å². The number of piperazine rings is 1. The van der Waals surface area contributed by atoms with Gasteiger partial charge in [0.2, 0.25) is 0 Å². The maximum Gasteiger partial charge on any atom is 0.410 e. The van der Waals surface area contributed by atoms with Crippen molar-refractivity contribution in [2.24, 2.45) is 0 Å². The van der Waals surface area contributed by atoms with Crippen molar-refractivity contribution >= 4 is 34.5 Å². The first-order valence-electron chi connectivity index (χ1n) is 10.4. The first-order chi connectivity index (χ1) is 14.7. The minimum absolute atomic E-state index is 0.0848. The Balaban J connectivity index is 1.44. The maximum absolute atomic E-state index is 13.0. The molecule has 162 valence electrons. The molecule has 0 bridgehead atoms. The van der Waals surface area contributed by atoms with Gasteiger partial charge in [-0.1, -0.05) is 23.7 Å². The van der Waals surface area contributed by atoms with Crippen LogP contribution in [0.5, 0.6) is 0 Å². The first kappa shape index (κ1) is 21.2. The summed E-state index contributed by atoms with van der Waals surface area (Å²) in [6.45, 7) is 7.34. The second-order valence-corrected chi connectivity index (χ2v) is 9.14. The van der Waals surface area contributed by atoms with Crippen molar-refractivity contribution in [3.8, 4) is 11.1 Å². The maximum atomic E-state index is 13.0. The van der Waals surface area contributed by atoms with Gasteiger partial charge < -0.3 is 19.5 Å². The van der Waals surface area contributed by atoms with E-state index in [0.717, 1.165) is 22.0 Å². The van der Waals surface area contributed by atoms with Crippen LogP contribution in [0, 0.1) is 0 Å². The minimum atomic E-state index is -0.534. The average molecular weight is 440 g/mol. The van der Waals surface area contributed by atoms with Crippen molar-refractivity contribution in [3.05, 3.63) is 59.2 Å². The zero-order chi connectivity index (χ0) is 22.2. The van der Waals surface area contributed by atoms with Crippen LogP contribution in [0.1, 0.15) is 31.1 Å². The number of halogens is 1. The van der Waals surface area contributed by atoms with E-state index in [1.165, 1.54) is 0 Å². The molecule has 1 saturated heterocycles. The molecule has 3 aromatic rings. The highest BCUT2D eigenvalue weighted by atomic mass is 35.5. The fraction of sp³-hybridized carbons (Fsp3) is 0.333. The van der Waals surface area contributed by atoms with Crippen molar-refractivity contribution in [2.75, 3.05) is 26.2 Å². The fourth-order valence-corrected chi connectivity index (χ4v) is 3.99. The highest BCUT2D eigenvalue weighted by Gasteiger charge is 2.28. The van der Waals surface area contributed by atoms with Gasteiger partial charge >= 0.3 is 6.09 Å². The van der Waals surface area contributed by atoms with E-state index in [4.69, 9.17) is 16.3 Å². The number of H-pyrrole nitrogens is 1. The smallest absolute Gasteiger partial charge is 0.410 e. The number of carbonyl (C=O) groups is 2. The van der Waals surface area contributed by atoms with Crippen molar-refractivity contribution in [2.45, 2.75) is 26.4 Å². The molecule has 31 heavy (non-hydrogen) atoms. The Morgan fingerprint density at radius 1 is 0.968 bits per heavy atom. The van der Waals surface area contributed by atoms with Gasteiger partial charge in [0.15, 0.2) is 0 Å². The molecule has 6 nitrogen and oxygen atoms in total. The van der Waals surface area contributed by atoms with Crippen LogP contribution in [0.2, 0.25) is 5.02 Å². The van der Waals surface area contributed by atoms with Crippen LogP contribution in [0.25, 0.3) is 22.0 Å². The largest absolute Gasteiger partial charge is 0.444 e. The molecule has 7 heteroatoms. The fourth-order valence-electron chi connectivity index (χ4n) is 3.70. The first-order valence-corrected chi connectivity index (χ1v) is 10.7. The summed E-state index contributed by atoms with van der Waals surface area (Å²) in [5.41, 5.74) is 2.96. The van der Waals surface area contributed by atoms with E-state index in [9.17, 15) is 9.59 Å². The van der Waals surface area contributed by atoms with Gasteiger partial charge in [0.25, 0.3) is 5.91 Å². The number of ether oxygens (including phenoxy) is 1. The molecule has 2 aromatic carbocycles. The van der Waals surface area contributed by atoms with Crippen LogP contribution in [-0.4, -0.2) is 58.6 Å². The topological polar surface area (TPSA) is 65.6 Å². The average Bonchev–Trinajstić information content (AvgIpc) is 3.20. The Kier molecular flexibility index (Phi) is 5.67. The lowest BCUT2D eigenvalue weighted by Crippen LogP contribution is -2.51. The second-order valence-electron chi connectivity index (χ2n) is 8.73. The lowest BCUT2D eigenvalue weighted by Gasteiger charge is -2.35. The van der Waals surface area contributed by atoms with E-state index in [0.29, 0.717) is 36.8 Å². The zero-order valence-corrected chi connectivity index (χ0v) is 18.7. The quantitative estimate of drug-likeness (QED) is 0.598.